The van der Waals surface area contributed by atoms with Gasteiger partial charge in [-0.15, -0.1) is 0 Å². The Morgan fingerprint density at radius 2 is 1.81 bits per heavy atom. The van der Waals surface area contributed by atoms with Crippen molar-refractivity contribution in [2.75, 3.05) is 27.3 Å². The number of likely N-dealkylation sites (N-methyl/N-ethyl adjacent to an activating group) is 1. The van der Waals surface area contributed by atoms with Gasteiger partial charge in [0.15, 0.2) is 0 Å². The van der Waals surface area contributed by atoms with Crippen LogP contribution in [0.2, 0.25) is 0 Å². The van der Waals surface area contributed by atoms with Crippen LogP contribution in [0.15, 0.2) is 24.3 Å². The average molecular weight is 363 g/mol. The number of nitrogens with zero attached hydrogens (tertiary/aromatic N) is 1. The molecule has 1 N–H and O–H groups in total. The van der Waals surface area contributed by atoms with Crippen molar-refractivity contribution in [3.63, 3.8) is 0 Å². The summed E-state index contributed by atoms with van der Waals surface area (Å²) in [7, 11) is 4.10. The van der Waals surface area contributed by atoms with Crippen molar-refractivity contribution in [3.05, 3.63) is 29.8 Å². The zero-order valence-corrected chi connectivity index (χ0v) is 16.4. The van der Waals surface area contributed by atoms with Crippen LogP contribution in [-0.4, -0.2) is 54.9 Å². The fourth-order valence-corrected chi connectivity index (χ4v) is 3.71. The summed E-state index contributed by atoms with van der Waals surface area (Å²) in [6.45, 7) is 2.39. The molecule has 0 heterocycles. The molecule has 1 aromatic carbocycles. The highest BCUT2D eigenvalue weighted by atomic mass is 16.6. The summed E-state index contributed by atoms with van der Waals surface area (Å²) in [4.78, 5) is 13.2. The molecule has 1 aromatic rings. The van der Waals surface area contributed by atoms with E-state index in [2.05, 4.69) is 17.0 Å². The molecule has 1 atom stereocenters. The van der Waals surface area contributed by atoms with Crippen molar-refractivity contribution in [2.45, 2.75) is 63.5 Å². The van der Waals surface area contributed by atoms with Crippen LogP contribution in [0, 0.1) is 0 Å². The van der Waals surface area contributed by atoms with Crippen molar-refractivity contribution in [1.82, 2.24) is 4.90 Å². The second-order valence-electron chi connectivity index (χ2n) is 7.41. The lowest BCUT2D eigenvalue weighted by molar-refractivity contribution is -0.143. The van der Waals surface area contributed by atoms with Gasteiger partial charge in [0, 0.05) is 12.5 Å². The fraction of sp³-hybridized carbons (Fsp3) is 0.667. The van der Waals surface area contributed by atoms with Crippen LogP contribution in [0.1, 0.15) is 51.0 Å². The second-order valence-corrected chi connectivity index (χ2v) is 7.41. The molecule has 1 saturated carbocycles. The molecular formula is C21H33NO4. The van der Waals surface area contributed by atoms with E-state index < -0.39 is 5.60 Å². The number of benzene rings is 1. The first-order valence-corrected chi connectivity index (χ1v) is 9.71. The summed E-state index contributed by atoms with van der Waals surface area (Å²) >= 11 is 0. The van der Waals surface area contributed by atoms with Crippen LogP contribution >= 0.6 is 0 Å². The molecule has 0 amide bonds. The number of aliphatic hydroxyl groups is 1. The van der Waals surface area contributed by atoms with Gasteiger partial charge in [-0.1, -0.05) is 38.3 Å². The van der Waals surface area contributed by atoms with Gasteiger partial charge >= 0.3 is 5.97 Å². The minimum absolute atomic E-state index is 0.114. The van der Waals surface area contributed by atoms with Crippen LogP contribution in [0.5, 0.6) is 5.75 Å². The Morgan fingerprint density at radius 1 is 1.15 bits per heavy atom. The monoisotopic (exact) mass is 363 g/mol. The van der Waals surface area contributed by atoms with Gasteiger partial charge in [0.2, 0.25) is 0 Å². The smallest absolute Gasteiger partial charge is 0.305 e. The predicted molar refractivity (Wildman–Crippen MR) is 102 cm³/mol. The van der Waals surface area contributed by atoms with Crippen LogP contribution in [0.4, 0.5) is 0 Å². The Bertz CT molecular complexity index is 550. The molecule has 1 aliphatic carbocycles. The molecule has 0 spiro atoms. The highest BCUT2D eigenvalue weighted by Crippen LogP contribution is 2.34. The van der Waals surface area contributed by atoms with E-state index in [9.17, 15) is 9.90 Å². The predicted octanol–water partition coefficient (Wildman–Crippen LogP) is 3.19. The quantitative estimate of drug-likeness (QED) is 0.539. The van der Waals surface area contributed by atoms with E-state index in [0.29, 0.717) is 13.0 Å². The van der Waals surface area contributed by atoms with E-state index in [4.69, 9.17) is 9.47 Å². The molecule has 5 heteroatoms. The molecule has 1 aliphatic rings. The van der Waals surface area contributed by atoms with E-state index in [1.54, 1.807) is 6.92 Å². The molecular weight excluding hydrogens is 330 g/mol. The Morgan fingerprint density at radius 3 is 2.38 bits per heavy atom. The Hall–Kier alpha value is -1.59. The maximum atomic E-state index is 11.1. The molecule has 5 nitrogen and oxygen atoms in total. The number of carbonyl (C=O) groups is 1. The molecule has 0 bridgehead atoms. The number of hydrogen-bond acceptors (Lipinski definition) is 5. The van der Waals surface area contributed by atoms with Gasteiger partial charge in [0.1, 0.15) is 19.0 Å². The largest absolute Gasteiger partial charge is 0.490 e. The summed E-state index contributed by atoms with van der Waals surface area (Å²) in [6, 6.07) is 8.10. The summed E-state index contributed by atoms with van der Waals surface area (Å²) in [5.74, 6) is 0.554. The maximum Gasteiger partial charge on any atom is 0.305 e. The zero-order chi connectivity index (χ0) is 19.0. The normalized spacial score (nSPS) is 17.7. The average Bonchev–Trinajstić information content (AvgIpc) is 2.64. The van der Waals surface area contributed by atoms with Crippen molar-refractivity contribution >= 4 is 5.97 Å². The van der Waals surface area contributed by atoms with Gasteiger partial charge in [-0.05, 0) is 51.1 Å². The van der Waals surface area contributed by atoms with Crippen LogP contribution in [-0.2, 0) is 16.0 Å². The zero-order valence-electron chi connectivity index (χ0n) is 16.4. The first kappa shape index (κ1) is 20.7. The Kier molecular flexibility index (Phi) is 7.91. The molecule has 1 fully saturated rings. The molecule has 0 saturated heterocycles. The van der Waals surface area contributed by atoms with E-state index >= 15 is 0 Å². The number of carbonyl (C=O) groups excluding carboxylic acids is 1. The highest BCUT2D eigenvalue weighted by molar-refractivity contribution is 5.68. The minimum atomic E-state index is -0.597. The molecule has 26 heavy (non-hydrogen) atoms. The third-order valence-electron chi connectivity index (χ3n) is 5.22. The van der Waals surface area contributed by atoms with Crippen molar-refractivity contribution in [1.29, 1.82) is 0 Å². The first-order valence-electron chi connectivity index (χ1n) is 9.71. The van der Waals surface area contributed by atoms with E-state index in [1.165, 1.54) is 12.0 Å². The summed E-state index contributed by atoms with van der Waals surface area (Å²) in [5.41, 5.74) is 0.590. The van der Waals surface area contributed by atoms with Gasteiger partial charge in [-0.25, -0.2) is 0 Å². The van der Waals surface area contributed by atoms with E-state index in [0.717, 1.165) is 37.9 Å². The molecule has 2 rings (SSSR count). The number of esters is 1. The van der Waals surface area contributed by atoms with Crippen molar-refractivity contribution in [2.24, 2.45) is 0 Å². The Balaban J connectivity index is 1.89. The van der Waals surface area contributed by atoms with E-state index in [-0.39, 0.29) is 18.6 Å². The standard InChI is InChI=1S/C21H33NO4/c1-4-20(23)26-15-14-25-18-10-8-17(9-11-18)16-19(22(2)3)21(24)12-6-5-7-13-21/h8-11,19,24H,4-7,12-16H2,1-3H3. The van der Waals surface area contributed by atoms with Gasteiger partial charge in [-0.2, -0.15) is 0 Å². The number of ether oxygens (including phenoxy) is 2. The van der Waals surface area contributed by atoms with Crippen LogP contribution in [0.25, 0.3) is 0 Å². The second kappa shape index (κ2) is 9.93. The lowest BCUT2D eigenvalue weighted by Crippen LogP contribution is -2.52. The molecule has 0 radical (unpaired) electrons. The van der Waals surface area contributed by atoms with Crippen LogP contribution < -0.4 is 4.74 Å². The lowest BCUT2D eigenvalue weighted by Gasteiger charge is -2.42. The third kappa shape index (κ3) is 5.99. The minimum Gasteiger partial charge on any atom is -0.490 e. The topological polar surface area (TPSA) is 59.0 Å². The molecule has 146 valence electrons. The maximum absolute atomic E-state index is 11.1. The molecule has 0 aliphatic heterocycles. The lowest BCUT2D eigenvalue weighted by atomic mass is 9.77. The van der Waals surface area contributed by atoms with Crippen molar-refractivity contribution < 1.29 is 19.4 Å². The van der Waals surface area contributed by atoms with Crippen molar-refractivity contribution in [3.8, 4) is 5.75 Å². The van der Waals surface area contributed by atoms with Gasteiger partial charge < -0.3 is 19.5 Å². The SMILES string of the molecule is CCC(=O)OCCOc1ccc(CC(N(C)C)C2(O)CCCCC2)cc1. The first-order chi connectivity index (χ1) is 12.4. The summed E-state index contributed by atoms with van der Waals surface area (Å²) in [5, 5.41) is 11.1. The number of hydrogen-bond donors (Lipinski definition) is 1. The summed E-state index contributed by atoms with van der Waals surface area (Å²) in [6.07, 6.45) is 6.40. The van der Waals surface area contributed by atoms with E-state index in [1.807, 2.05) is 26.2 Å². The van der Waals surface area contributed by atoms with Gasteiger partial charge in [-0.3, -0.25) is 4.79 Å². The Labute approximate surface area is 157 Å². The highest BCUT2D eigenvalue weighted by Gasteiger charge is 2.38. The number of rotatable bonds is 9. The third-order valence-corrected chi connectivity index (χ3v) is 5.22. The van der Waals surface area contributed by atoms with Gasteiger partial charge in [0.05, 0.1) is 5.60 Å². The fourth-order valence-electron chi connectivity index (χ4n) is 3.71. The van der Waals surface area contributed by atoms with Crippen LogP contribution in [0.3, 0.4) is 0 Å². The summed E-state index contributed by atoms with van der Waals surface area (Å²) < 4.78 is 10.6. The molecule has 0 aromatic heterocycles. The molecule has 1 unspecified atom stereocenters. The van der Waals surface area contributed by atoms with Gasteiger partial charge in [0.25, 0.3) is 0 Å².